The summed E-state index contributed by atoms with van der Waals surface area (Å²) in [4.78, 5) is 17.8. The fourth-order valence-electron chi connectivity index (χ4n) is 3.16. The Balaban J connectivity index is 1.50. The van der Waals surface area contributed by atoms with Gasteiger partial charge in [0.05, 0.1) is 13.2 Å². The molecule has 0 saturated carbocycles. The predicted octanol–water partition coefficient (Wildman–Crippen LogP) is 1.55. The average molecular weight is 385 g/mol. The van der Waals surface area contributed by atoms with Crippen LogP contribution < -0.4 is 10.6 Å². The molecule has 1 fully saturated rings. The second kappa shape index (κ2) is 9.72. The Labute approximate surface area is 164 Å². The number of benzene rings is 1. The van der Waals surface area contributed by atoms with Crippen molar-refractivity contribution in [1.82, 2.24) is 30.3 Å². The van der Waals surface area contributed by atoms with Gasteiger partial charge in [0, 0.05) is 31.9 Å². The SMILES string of the molecule is CCOC(=O)N1CCC(NC(=NC)NCc2nncn2-c2ccccc2)CC1. The standard InChI is InChI=1S/C19H27N7O2/c1-3-28-19(27)25-11-9-15(10-12-25)23-18(20-2)21-13-17-24-22-14-26(17)16-7-5-4-6-8-16/h4-8,14-15H,3,9-13H2,1-2H3,(H2,20,21,23). The normalized spacial score (nSPS) is 15.4. The number of rotatable bonds is 5. The van der Waals surface area contributed by atoms with Crippen molar-refractivity contribution in [2.75, 3.05) is 26.7 Å². The summed E-state index contributed by atoms with van der Waals surface area (Å²) in [5.41, 5.74) is 1.01. The van der Waals surface area contributed by atoms with Crippen LogP contribution in [0, 0.1) is 0 Å². The zero-order valence-electron chi connectivity index (χ0n) is 16.3. The second-order valence-corrected chi connectivity index (χ2v) is 6.48. The highest BCUT2D eigenvalue weighted by Crippen LogP contribution is 2.12. The van der Waals surface area contributed by atoms with Gasteiger partial charge in [-0.2, -0.15) is 0 Å². The molecule has 3 rings (SSSR count). The third-order valence-electron chi connectivity index (χ3n) is 4.65. The molecule has 1 aliphatic heterocycles. The zero-order valence-corrected chi connectivity index (χ0v) is 16.3. The summed E-state index contributed by atoms with van der Waals surface area (Å²) >= 11 is 0. The number of hydrogen-bond donors (Lipinski definition) is 2. The molecule has 0 radical (unpaired) electrons. The van der Waals surface area contributed by atoms with Crippen LogP contribution in [0.2, 0.25) is 0 Å². The van der Waals surface area contributed by atoms with E-state index in [-0.39, 0.29) is 12.1 Å². The molecule has 0 bridgehead atoms. The smallest absolute Gasteiger partial charge is 0.409 e. The number of ether oxygens (including phenoxy) is 1. The van der Waals surface area contributed by atoms with E-state index < -0.39 is 0 Å². The lowest BCUT2D eigenvalue weighted by atomic mass is 10.1. The summed E-state index contributed by atoms with van der Waals surface area (Å²) in [7, 11) is 1.74. The van der Waals surface area contributed by atoms with Gasteiger partial charge >= 0.3 is 6.09 Å². The first kappa shape index (κ1) is 19.7. The zero-order chi connectivity index (χ0) is 19.8. The quantitative estimate of drug-likeness (QED) is 0.599. The molecule has 1 aromatic carbocycles. The summed E-state index contributed by atoms with van der Waals surface area (Å²) in [6, 6.07) is 10.2. The molecule has 1 saturated heterocycles. The van der Waals surface area contributed by atoms with Gasteiger partial charge in [-0.1, -0.05) is 18.2 Å². The van der Waals surface area contributed by atoms with Crippen LogP contribution in [0.3, 0.4) is 0 Å². The minimum atomic E-state index is -0.233. The van der Waals surface area contributed by atoms with Crippen LogP contribution in [0.5, 0.6) is 0 Å². The minimum Gasteiger partial charge on any atom is -0.450 e. The molecule has 2 aromatic rings. The molecule has 150 valence electrons. The number of likely N-dealkylation sites (tertiary alicyclic amines) is 1. The van der Waals surface area contributed by atoms with Crippen molar-refractivity contribution in [3.05, 3.63) is 42.5 Å². The third kappa shape index (κ3) is 4.99. The number of carbonyl (C=O) groups excluding carboxylic acids is 1. The van der Waals surface area contributed by atoms with Gasteiger partial charge in [0.15, 0.2) is 11.8 Å². The molecule has 1 amide bonds. The van der Waals surface area contributed by atoms with Crippen LogP contribution in [0.1, 0.15) is 25.6 Å². The molecule has 0 spiro atoms. The molecule has 0 unspecified atom stereocenters. The number of aliphatic imine (C=N–C) groups is 1. The fourth-order valence-corrected chi connectivity index (χ4v) is 3.16. The highest BCUT2D eigenvalue weighted by Gasteiger charge is 2.24. The lowest BCUT2D eigenvalue weighted by Gasteiger charge is -2.32. The molecule has 28 heavy (non-hydrogen) atoms. The van der Waals surface area contributed by atoms with Gasteiger partial charge < -0.3 is 20.3 Å². The van der Waals surface area contributed by atoms with Crippen LogP contribution in [-0.2, 0) is 11.3 Å². The van der Waals surface area contributed by atoms with Crippen LogP contribution >= 0.6 is 0 Å². The summed E-state index contributed by atoms with van der Waals surface area (Å²) in [5.74, 6) is 1.50. The molecular formula is C19H27N7O2. The Hall–Kier alpha value is -3.10. The number of para-hydroxylation sites is 1. The molecule has 0 atom stereocenters. The maximum absolute atomic E-state index is 11.8. The average Bonchev–Trinajstić information content (AvgIpc) is 3.21. The van der Waals surface area contributed by atoms with Gasteiger partial charge in [-0.3, -0.25) is 9.56 Å². The number of aromatic nitrogens is 3. The molecule has 9 heteroatoms. The number of piperidine rings is 1. The monoisotopic (exact) mass is 385 g/mol. The number of nitrogens with zero attached hydrogens (tertiary/aromatic N) is 5. The Morgan fingerprint density at radius 3 is 2.71 bits per heavy atom. The first-order valence-corrected chi connectivity index (χ1v) is 9.54. The highest BCUT2D eigenvalue weighted by molar-refractivity contribution is 5.80. The Bertz CT molecular complexity index is 783. The van der Waals surface area contributed by atoms with Crippen molar-refractivity contribution >= 4 is 12.1 Å². The number of hydrogen-bond acceptors (Lipinski definition) is 5. The van der Waals surface area contributed by atoms with Crippen molar-refractivity contribution in [3.8, 4) is 5.69 Å². The van der Waals surface area contributed by atoms with Gasteiger partial charge in [-0.05, 0) is 31.9 Å². The van der Waals surface area contributed by atoms with E-state index in [4.69, 9.17) is 4.74 Å². The predicted molar refractivity (Wildman–Crippen MR) is 106 cm³/mol. The van der Waals surface area contributed by atoms with Gasteiger partial charge in [-0.25, -0.2) is 4.79 Å². The lowest BCUT2D eigenvalue weighted by molar-refractivity contribution is 0.0963. The minimum absolute atomic E-state index is 0.233. The van der Waals surface area contributed by atoms with Crippen LogP contribution in [0.15, 0.2) is 41.7 Å². The van der Waals surface area contributed by atoms with Crippen molar-refractivity contribution < 1.29 is 9.53 Å². The number of amides is 1. The van der Waals surface area contributed by atoms with E-state index in [0.29, 0.717) is 32.2 Å². The first-order valence-electron chi connectivity index (χ1n) is 9.54. The molecule has 9 nitrogen and oxygen atoms in total. The summed E-state index contributed by atoms with van der Waals surface area (Å²) in [6.07, 6.45) is 3.16. The Morgan fingerprint density at radius 2 is 2.04 bits per heavy atom. The molecule has 1 aliphatic rings. The summed E-state index contributed by atoms with van der Waals surface area (Å²) < 4.78 is 7.00. The van der Waals surface area contributed by atoms with Crippen molar-refractivity contribution in [1.29, 1.82) is 0 Å². The summed E-state index contributed by atoms with van der Waals surface area (Å²) in [6.45, 7) is 4.07. The third-order valence-corrected chi connectivity index (χ3v) is 4.65. The van der Waals surface area contributed by atoms with Gasteiger partial charge in [0.25, 0.3) is 0 Å². The van der Waals surface area contributed by atoms with E-state index in [2.05, 4.69) is 25.8 Å². The van der Waals surface area contributed by atoms with Crippen molar-refractivity contribution in [2.24, 2.45) is 4.99 Å². The topological polar surface area (TPSA) is 96.7 Å². The van der Waals surface area contributed by atoms with Crippen LogP contribution in [0.4, 0.5) is 4.79 Å². The molecule has 1 aromatic heterocycles. The van der Waals surface area contributed by atoms with Crippen molar-refractivity contribution in [2.45, 2.75) is 32.4 Å². The van der Waals surface area contributed by atoms with E-state index in [1.165, 1.54) is 0 Å². The number of nitrogens with one attached hydrogen (secondary N) is 2. The van der Waals surface area contributed by atoms with E-state index in [1.54, 1.807) is 18.3 Å². The maximum atomic E-state index is 11.8. The largest absolute Gasteiger partial charge is 0.450 e. The van der Waals surface area contributed by atoms with E-state index in [1.807, 2.05) is 41.8 Å². The van der Waals surface area contributed by atoms with Crippen LogP contribution in [-0.4, -0.2) is 64.5 Å². The highest BCUT2D eigenvalue weighted by atomic mass is 16.6. The van der Waals surface area contributed by atoms with Crippen LogP contribution in [0.25, 0.3) is 5.69 Å². The van der Waals surface area contributed by atoms with E-state index >= 15 is 0 Å². The molecule has 2 N–H and O–H groups in total. The Morgan fingerprint density at radius 1 is 1.29 bits per heavy atom. The lowest BCUT2D eigenvalue weighted by Crippen LogP contribution is -2.49. The first-order chi connectivity index (χ1) is 13.7. The summed E-state index contributed by atoms with van der Waals surface area (Å²) in [5, 5.41) is 14.9. The van der Waals surface area contributed by atoms with E-state index in [0.717, 1.165) is 24.4 Å². The molecule has 2 heterocycles. The number of guanidine groups is 1. The van der Waals surface area contributed by atoms with E-state index in [9.17, 15) is 4.79 Å². The van der Waals surface area contributed by atoms with Gasteiger partial charge in [0.1, 0.15) is 6.33 Å². The van der Waals surface area contributed by atoms with Crippen molar-refractivity contribution in [3.63, 3.8) is 0 Å². The molecular weight excluding hydrogens is 358 g/mol. The maximum Gasteiger partial charge on any atom is 0.409 e. The molecule has 0 aliphatic carbocycles. The second-order valence-electron chi connectivity index (χ2n) is 6.48. The van der Waals surface area contributed by atoms with Gasteiger partial charge in [0.2, 0.25) is 0 Å². The van der Waals surface area contributed by atoms with Gasteiger partial charge in [-0.15, -0.1) is 10.2 Å². The Kier molecular flexibility index (Phi) is 6.83. The number of carbonyl (C=O) groups is 1. The fraction of sp³-hybridized carbons (Fsp3) is 0.474.